The van der Waals surface area contributed by atoms with E-state index in [1.54, 1.807) is 18.4 Å². The first-order valence-electron chi connectivity index (χ1n) is 4.34. The Kier molecular flexibility index (Phi) is 5.03. The Balaban J connectivity index is 2.09. The number of ether oxygens (including phenoxy) is 1. The van der Waals surface area contributed by atoms with Gasteiger partial charge in [0.15, 0.2) is 0 Å². The molecule has 1 aromatic heterocycles. The summed E-state index contributed by atoms with van der Waals surface area (Å²) in [5.74, 6) is -0.0201. The lowest BCUT2D eigenvalue weighted by Crippen LogP contribution is -2.32. The van der Waals surface area contributed by atoms with E-state index < -0.39 is 0 Å². The molecule has 5 heteroatoms. The number of hydrogen-bond donors (Lipinski definition) is 2. The van der Waals surface area contributed by atoms with E-state index in [9.17, 15) is 4.79 Å². The van der Waals surface area contributed by atoms with Crippen LogP contribution in [0, 0.1) is 0 Å². The van der Waals surface area contributed by atoms with E-state index in [-0.39, 0.29) is 5.91 Å². The lowest BCUT2D eigenvalue weighted by atomic mass is 10.5. The molecule has 1 amide bonds. The molecular weight excluding hydrogens is 200 g/mol. The molecule has 0 aromatic carbocycles. The Bertz CT molecular complexity index is 262. The first kappa shape index (κ1) is 11.0. The maximum Gasteiger partial charge on any atom is 0.239 e. The van der Waals surface area contributed by atoms with Gasteiger partial charge in [-0.05, 0) is 11.4 Å². The quantitative estimate of drug-likeness (QED) is 0.692. The molecule has 14 heavy (non-hydrogen) atoms. The van der Waals surface area contributed by atoms with Gasteiger partial charge in [0.25, 0.3) is 0 Å². The summed E-state index contributed by atoms with van der Waals surface area (Å²) in [6, 6.07) is 1.94. The zero-order chi connectivity index (χ0) is 10.2. The van der Waals surface area contributed by atoms with Gasteiger partial charge in [0.2, 0.25) is 5.91 Å². The van der Waals surface area contributed by atoms with Crippen LogP contribution in [-0.4, -0.2) is 32.7 Å². The smallest absolute Gasteiger partial charge is 0.239 e. The summed E-state index contributed by atoms with van der Waals surface area (Å²) in [5.41, 5.74) is 0.983. The minimum absolute atomic E-state index is 0.0201. The Morgan fingerprint density at radius 1 is 1.64 bits per heavy atom. The van der Waals surface area contributed by atoms with Gasteiger partial charge in [-0.15, -0.1) is 0 Å². The highest BCUT2D eigenvalue weighted by molar-refractivity contribution is 7.08. The highest BCUT2D eigenvalue weighted by atomic mass is 32.1. The molecule has 0 aliphatic heterocycles. The number of methoxy groups -OCH3 is 1. The fourth-order valence-corrected chi connectivity index (χ4v) is 1.51. The minimum Gasteiger partial charge on any atom is -0.383 e. The van der Waals surface area contributed by atoms with Gasteiger partial charge in [0.1, 0.15) is 0 Å². The molecule has 0 fully saturated rings. The standard InChI is InChI=1S/C9H14N2O2S/c1-13-4-3-10-9(12)6-11-8-2-5-14-7-8/h2,5,7,11H,3-4,6H2,1H3,(H,10,12). The van der Waals surface area contributed by atoms with E-state index in [1.165, 1.54) is 0 Å². The average molecular weight is 214 g/mol. The van der Waals surface area contributed by atoms with Gasteiger partial charge in [-0.25, -0.2) is 0 Å². The number of carbonyl (C=O) groups excluding carboxylic acids is 1. The van der Waals surface area contributed by atoms with Crippen molar-refractivity contribution in [3.63, 3.8) is 0 Å². The molecule has 0 saturated heterocycles. The molecule has 1 heterocycles. The van der Waals surface area contributed by atoms with Gasteiger partial charge >= 0.3 is 0 Å². The molecule has 0 atom stereocenters. The fourth-order valence-electron chi connectivity index (χ4n) is 0.902. The Hall–Kier alpha value is -1.07. The fraction of sp³-hybridized carbons (Fsp3) is 0.444. The zero-order valence-electron chi connectivity index (χ0n) is 8.08. The third-order valence-corrected chi connectivity index (χ3v) is 2.29. The highest BCUT2D eigenvalue weighted by Crippen LogP contribution is 2.10. The van der Waals surface area contributed by atoms with Gasteiger partial charge in [0.05, 0.1) is 13.2 Å². The predicted molar refractivity (Wildman–Crippen MR) is 57.7 cm³/mol. The number of carbonyl (C=O) groups is 1. The molecule has 0 unspecified atom stereocenters. The summed E-state index contributed by atoms with van der Waals surface area (Å²) in [4.78, 5) is 11.2. The Morgan fingerprint density at radius 2 is 2.50 bits per heavy atom. The molecular formula is C9H14N2O2S. The first-order chi connectivity index (χ1) is 6.83. The van der Waals surface area contributed by atoms with Crippen molar-refractivity contribution in [1.82, 2.24) is 5.32 Å². The molecule has 2 N–H and O–H groups in total. The maximum atomic E-state index is 11.2. The average Bonchev–Trinajstić information content (AvgIpc) is 2.68. The number of rotatable bonds is 6. The number of anilines is 1. The van der Waals surface area contributed by atoms with E-state index in [0.29, 0.717) is 19.7 Å². The second-order valence-electron chi connectivity index (χ2n) is 2.71. The minimum atomic E-state index is -0.0201. The van der Waals surface area contributed by atoms with E-state index in [2.05, 4.69) is 10.6 Å². The molecule has 78 valence electrons. The van der Waals surface area contributed by atoms with Gasteiger partial charge in [-0.1, -0.05) is 0 Å². The molecule has 4 nitrogen and oxygen atoms in total. The monoisotopic (exact) mass is 214 g/mol. The Labute approximate surface area is 87.3 Å². The van der Waals surface area contributed by atoms with Crippen molar-refractivity contribution in [2.45, 2.75) is 0 Å². The Morgan fingerprint density at radius 3 is 3.14 bits per heavy atom. The van der Waals surface area contributed by atoms with Crippen molar-refractivity contribution >= 4 is 22.9 Å². The third kappa shape index (κ3) is 4.25. The second kappa shape index (κ2) is 6.39. The molecule has 1 rings (SSSR count). The zero-order valence-corrected chi connectivity index (χ0v) is 8.89. The van der Waals surface area contributed by atoms with Crippen molar-refractivity contribution in [2.75, 3.05) is 32.1 Å². The lowest BCUT2D eigenvalue weighted by Gasteiger charge is -2.05. The van der Waals surface area contributed by atoms with Crippen LogP contribution < -0.4 is 10.6 Å². The number of hydrogen-bond acceptors (Lipinski definition) is 4. The summed E-state index contributed by atoms with van der Waals surface area (Å²) in [7, 11) is 1.61. The first-order valence-corrected chi connectivity index (χ1v) is 5.29. The van der Waals surface area contributed by atoms with Crippen LogP contribution in [0.25, 0.3) is 0 Å². The second-order valence-corrected chi connectivity index (χ2v) is 3.49. The molecule has 0 aliphatic carbocycles. The van der Waals surface area contributed by atoms with Crippen molar-refractivity contribution < 1.29 is 9.53 Å². The summed E-state index contributed by atoms with van der Waals surface area (Å²) in [5, 5.41) is 9.66. The number of nitrogens with one attached hydrogen (secondary N) is 2. The molecule has 0 radical (unpaired) electrons. The number of thiophene rings is 1. The van der Waals surface area contributed by atoms with Crippen LogP contribution in [0.2, 0.25) is 0 Å². The highest BCUT2D eigenvalue weighted by Gasteiger charge is 1.99. The van der Waals surface area contributed by atoms with E-state index in [0.717, 1.165) is 5.69 Å². The lowest BCUT2D eigenvalue weighted by molar-refractivity contribution is -0.119. The largest absolute Gasteiger partial charge is 0.383 e. The van der Waals surface area contributed by atoms with Gasteiger partial charge < -0.3 is 15.4 Å². The van der Waals surface area contributed by atoms with Crippen molar-refractivity contribution in [1.29, 1.82) is 0 Å². The van der Waals surface area contributed by atoms with Crippen LogP contribution in [0.15, 0.2) is 16.8 Å². The summed E-state index contributed by atoms with van der Waals surface area (Å²) in [6.45, 7) is 1.41. The molecule has 0 bridgehead atoms. The van der Waals surface area contributed by atoms with Crippen LogP contribution in [0.5, 0.6) is 0 Å². The molecule has 0 aliphatic rings. The molecule has 1 aromatic rings. The number of amides is 1. The predicted octanol–water partition coefficient (Wildman–Crippen LogP) is 0.923. The van der Waals surface area contributed by atoms with Crippen LogP contribution >= 0.6 is 11.3 Å². The normalized spacial score (nSPS) is 9.79. The maximum absolute atomic E-state index is 11.2. The van der Waals surface area contributed by atoms with Crippen LogP contribution in [0.4, 0.5) is 5.69 Å². The van der Waals surface area contributed by atoms with Crippen LogP contribution in [-0.2, 0) is 9.53 Å². The summed E-state index contributed by atoms with van der Waals surface area (Å²) in [6.07, 6.45) is 0. The topological polar surface area (TPSA) is 50.4 Å². The summed E-state index contributed by atoms with van der Waals surface area (Å²) < 4.78 is 4.81. The molecule has 0 saturated carbocycles. The van der Waals surface area contributed by atoms with Crippen LogP contribution in [0.1, 0.15) is 0 Å². The van der Waals surface area contributed by atoms with E-state index >= 15 is 0 Å². The SMILES string of the molecule is COCCNC(=O)CNc1ccsc1. The van der Waals surface area contributed by atoms with Crippen LogP contribution in [0.3, 0.4) is 0 Å². The van der Waals surface area contributed by atoms with Gasteiger partial charge in [-0.3, -0.25) is 4.79 Å². The molecule has 0 spiro atoms. The van der Waals surface area contributed by atoms with Crippen molar-refractivity contribution in [3.8, 4) is 0 Å². The van der Waals surface area contributed by atoms with Crippen molar-refractivity contribution in [3.05, 3.63) is 16.8 Å². The third-order valence-electron chi connectivity index (χ3n) is 1.60. The summed E-state index contributed by atoms with van der Waals surface area (Å²) >= 11 is 1.60. The van der Waals surface area contributed by atoms with Gasteiger partial charge in [0, 0.05) is 24.7 Å². The van der Waals surface area contributed by atoms with Gasteiger partial charge in [-0.2, -0.15) is 11.3 Å². The van der Waals surface area contributed by atoms with E-state index in [4.69, 9.17) is 4.74 Å². The van der Waals surface area contributed by atoms with E-state index in [1.807, 2.05) is 16.8 Å². The van der Waals surface area contributed by atoms with Crippen molar-refractivity contribution in [2.24, 2.45) is 0 Å².